The van der Waals surface area contributed by atoms with Gasteiger partial charge < -0.3 is 14.4 Å². The lowest BCUT2D eigenvalue weighted by molar-refractivity contribution is 0.141. The first-order valence-corrected chi connectivity index (χ1v) is 7.08. The average Bonchev–Trinajstić information content (AvgIpc) is 2.37. The topological polar surface area (TPSA) is 34.6 Å². The van der Waals surface area contributed by atoms with Crippen LogP contribution in [0.4, 0.5) is 5.69 Å². The van der Waals surface area contributed by atoms with E-state index in [2.05, 4.69) is 31.9 Å². The number of rotatable bonds is 9. The van der Waals surface area contributed by atoms with E-state index < -0.39 is 0 Å². The summed E-state index contributed by atoms with van der Waals surface area (Å²) in [6.07, 6.45) is 3.65. The van der Waals surface area contributed by atoms with E-state index in [1.807, 2.05) is 20.0 Å². The predicted molar refractivity (Wildman–Crippen MR) is 77.1 cm³/mol. The number of halogens is 1. The third-order valence-electron chi connectivity index (χ3n) is 2.47. The third-order valence-corrected chi connectivity index (χ3v) is 2.91. The number of anilines is 1. The lowest BCUT2D eigenvalue weighted by Gasteiger charge is -2.24. The van der Waals surface area contributed by atoms with Crippen LogP contribution < -0.4 is 4.90 Å². The fourth-order valence-electron chi connectivity index (χ4n) is 1.58. The Balaban J connectivity index is 2.57. The fourth-order valence-corrected chi connectivity index (χ4v) is 1.93. The minimum absolute atomic E-state index is 0.717. The van der Waals surface area contributed by atoms with Gasteiger partial charge in [0.15, 0.2) is 0 Å². The second kappa shape index (κ2) is 9.30. The maximum atomic E-state index is 5.41. The van der Waals surface area contributed by atoms with Crippen molar-refractivity contribution in [3.63, 3.8) is 0 Å². The molecule has 0 fully saturated rings. The van der Waals surface area contributed by atoms with Gasteiger partial charge in [-0.1, -0.05) is 0 Å². The summed E-state index contributed by atoms with van der Waals surface area (Å²) < 4.78 is 11.8. The van der Waals surface area contributed by atoms with Gasteiger partial charge in [-0.05, 0) is 35.8 Å². The summed E-state index contributed by atoms with van der Waals surface area (Å²) >= 11 is 3.44. The van der Waals surface area contributed by atoms with Gasteiger partial charge in [-0.2, -0.15) is 0 Å². The van der Waals surface area contributed by atoms with Gasteiger partial charge in [-0.3, -0.25) is 4.98 Å². The van der Waals surface area contributed by atoms with Crippen molar-refractivity contribution in [3.8, 4) is 0 Å². The molecule has 102 valence electrons. The van der Waals surface area contributed by atoms with Gasteiger partial charge in [0.25, 0.3) is 0 Å². The van der Waals surface area contributed by atoms with Gasteiger partial charge in [0.2, 0.25) is 0 Å². The molecule has 1 aromatic rings. The SMILES string of the molecule is CCOCCN(CCOCC)c1cncc(Br)c1. The van der Waals surface area contributed by atoms with Crippen molar-refractivity contribution in [2.75, 3.05) is 44.4 Å². The minimum atomic E-state index is 0.717. The number of nitrogens with zero attached hydrogens (tertiary/aromatic N) is 2. The summed E-state index contributed by atoms with van der Waals surface area (Å²) in [5.41, 5.74) is 1.09. The van der Waals surface area contributed by atoms with Gasteiger partial charge in [0.05, 0.1) is 25.1 Å². The van der Waals surface area contributed by atoms with Crippen molar-refractivity contribution < 1.29 is 9.47 Å². The first-order valence-electron chi connectivity index (χ1n) is 6.29. The van der Waals surface area contributed by atoms with Crippen molar-refractivity contribution in [1.82, 2.24) is 4.98 Å². The van der Waals surface area contributed by atoms with Crippen molar-refractivity contribution in [2.45, 2.75) is 13.8 Å². The Bertz CT molecular complexity index is 327. The van der Waals surface area contributed by atoms with Crippen LogP contribution in [0.1, 0.15) is 13.8 Å². The highest BCUT2D eigenvalue weighted by Crippen LogP contribution is 2.17. The first-order chi connectivity index (χ1) is 8.77. The molecule has 0 saturated heterocycles. The van der Waals surface area contributed by atoms with E-state index in [4.69, 9.17) is 9.47 Å². The second-order valence-corrected chi connectivity index (χ2v) is 4.66. The standard InChI is InChI=1S/C13H21BrN2O2/c1-3-17-7-5-16(6-8-18-4-2)13-9-12(14)10-15-11-13/h9-11H,3-8H2,1-2H3. The van der Waals surface area contributed by atoms with Crippen molar-refractivity contribution in [3.05, 3.63) is 22.9 Å². The van der Waals surface area contributed by atoms with Gasteiger partial charge >= 0.3 is 0 Å². The van der Waals surface area contributed by atoms with E-state index >= 15 is 0 Å². The number of pyridine rings is 1. The first kappa shape index (κ1) is 15.4. The predicted octanol–water partition coefficient (Wildman–Crippen LogP) is 2.72. The molecule has 0 aliphatic heterocycles. The van der Waals surface area contributed by atoms with Gasteiger partial charge in [0, 0.05) is 37.0 Å². The highest BCUT2D eigenvalue weighted by molar-refractivity contribution is 9.10. The van der Waals surface area contributed by atoms with E-state index in [9.17, 15) is 0 Å². The van der Waals surface area contributed by atoms with Gasteiger partial charge in [0.1, 0.15) is 0 Å². The molecule has 0 saturated carbocycles. The van der Waals surface area contributed by atoms with Gasteiger partial charge in [-0.15, -0.1) is 0 Å². The maximum Gasteiger partial charge on any atom is 0.0641 e. The molecule has 1 heterocycles. The number of hydrogen-bond acceptors (Lipinski definition) is 4. The highest BCUT2D eigenvalue weighted by atomic mass is 79.9. The zero-order valence-corrected chi connectivity index (χ0v) is 12.6. The van der Waals surface area contributed by atoms with Crippen LogP contribution in [0.2, 0.25) is 0 Å². The molecule has 4 nitrogen and oxygen atoms in total. The summed E-state index contributed by atoms with van der Waals surface area (Å²) in [5, 5.41) is 0. The van der Waals surface area contributed by atoms with E-state index in [0.29, 0.717) is 0 Å². The van der Waals surface area contributed by atoms with Crippen LogP contribution in [0.5, 0.6) is 0 Å². The molecule has 0 N–H and O–H groups in total. The molecular weight excluding hydrogens is 296 g/mol. The molecule has 0 radical (unpaired) electrons. The monoisotopic (exact) mass is 316 g/mol. The molecule has 1 aromatic heterocycles. The molecule has 18 heavy (non-hydrogen) atoms. The minimum Gasteiger partial charge on any atom is -0.380 e. The Kier molecular flexibility index (Phi) is 7.96. The Morgan fingerprint density at radius 3 is 2.22 bits per heavy atom. The van der Waals surface area contributed by atoms with Crippen LogP contribution in [-0.2, 0) is 9.47 Å². The molecule has 0 bridgehead atoms. The smallest absolute Gasteiger partial charge is 0.0641 e. The molecule has 5 heteroatoms. The number of hydrogen-bond donors (Lipinski definition) is 0. The van der Waals surface area contributed by atoms with E-state index in [1.165, 1.54) is 0 Å². The van der Waals surface area contributed by atoms with Gasteiger partial charge in [-0.25, -0.2) is 0 Å². The van der Waals surface area contributed by atoms with Crippen LogP contribution in [0.3, 0.4) is 0 Å². The lowest BCUT2D eigenvalue weighted by atomic mass is 10.3. The molecule has 0 aliphatic rings. The molecule has 0 aliphatic carbocycles. The zero-order valence-electron chi connectivity index (χ0n) is 11.1. The van der Waals surface area contributed by atoms with Crippen LogP contribution in [0.15, 0.2) is 22.9 Å². The second-order valence-electron chi connectivity index (χ2n) is 3.74. The Morgan fingerprint density at radius 1 is 1.11 bits per heavy atom. The highest BCUT2D eigenvalue weighted by Gasteiger charge is 2.07. The number of aromatic nitrogens is 1. The van der Waals surface area contributed by atoms with Crippen LogP contribution >= 0.6 is 15.9 Å². The number of ether oxygens (including phenoxy) is 2. The van der Waals surface area contributed by atoms with Crippen LogP contribution in [-0.4, -0.2) is 44.5 Å². The van der Waals surface area contributed by atoms with Crippen molar-refractivity contribution in [1.29, 1.82) is 0 Å². The quantitative estimate of drug-likeness (QED) is 0.656. The Hall–Kier alpha value is -0.650. The summed E-state index contributed by atoms with van der Waals surface area (Å²) in [7, 11) is 0. The van der Waals surface area contributed by atoms with E-state index in [0.717, 1.165) is 49.7 Å². The Morgan fingerprint density at radius 2 is 1.72 bits per heavy atom. The van der Waals surface area contributed by atoms with E-state index in [1.54, 1.807) is 6.20 Å². The molecule has 0 amide bonds. The molecule has 0 atom stereocenters. The fraction of sp³-hybridized carbons (Fsp3) is 0.615. The molecule has 1 rings (SSSR count). The van der Waals surface area contributed by atoms with Crippen LogP contribution in [0, 0.1) is 0 Å². The van der Waals surface area contributed by atoms with Crippen molar-refractivity contribution >= 4 is 21.6 Å². The normalized spacial score (nSPS) is 10.6. The summed E-state index contributed by atoms with van der Waals surface area (Å²) in [6.45, 7) is 8.63. The molecule has 0 aromatic carbocycles. The average molecular weight is 317 g/mol. The van der Waals surface area contributed by atoms with Crippen LogP contribution in [0.25, 0.3) is 0 Å². The molecule has 0 spiro atoms. The lowest BCUT2D eigenvalue weighted by Crippen LogP contribution is -2.31. The summed E-state index contributed by atoms with van der Waals surface area (Å²) in [5.74, 6) is 0. The Labute approximate surface area is 117 Å². The largest absolute Gasteiger partial charge is 0.380 e. The molecular formula is C13H21BrN2O2. The van der Waals surface area contributed by atoms with E-state index in [-0.39, 0.29) is 0 Å². The maximum absolute atomic E-state index is 5.41. The zero-order chi connectivity index (χ0) is 13.2. The third kappa shape index (κ3) is 5.80. The van der Waals surface area contributed by atoms with Crippen molar-refractivity contribution in [2.24, 2.45) is 0 Å². The molecule has 0 unspecified atom stereocenters. The summed E-state index contributed by atoms with van der Waals surface area (Å²) in [6, 6.07) is 2.06. The summed E-state index contributed by atoms with van der Waals surface area (Å²) in [4.78, 5) is 6.42.